The molecule has 194 valence electrons. The van der Waals surface area contributed by atoms with Crippen LogP contribution in [0.15, 0.2) is 42.5 Å². The molecule has 0 aromatic heterocycles. The van der Waals surface area contributed by atoms with E-state index in [1.807, 2.05) is 26.0 Å². The third-order valence-electron chi connectivity index (χ3n) is 7.32. The molecular weight excluding hydrogens is 452 g/mol. The maximum Gasteiger partial charge on any atom is 0.306 e. The van der Waals surface area contributed by atoms with Gasteiger partial charge < -0.3 is 9.16 Å². The van der Waals surface area contributed by atoms with Gasteiger partial charge >= 0.3 is 5.97 Å². The molecule has 4 nitrogen and oxygen atoms in total. The number of carbonyl (C=O) groups is 2. The lowest BCUT2D eigenvalue weighted by Gasteiger charge is -2.39. The highest BCUT2D eigenvalue weighted by atomic mass is 28.4. The van der Waals surface area contributed by atoms with Gasteiger partial charge in [0.2, 0.25) is 0 Å². The first kappa shape index (κ1) is 29.2. The van der Waals surface area contributed by atoms with E-state index in [0.717, 1.165) is 12.8 Å². The quantitative estimate of drug-likeness (QED) is 0.136. The minimum Gasteiger partial charge on any atom is -0.463 e. The van der Waals surface area contributed by atoms with Gasteiger partial charge in [-0.3, -0.25) is 9.59 Å². The van der Waals surface area contributed by atoms with Crippen molar-refractivity contribution in [3.05, 3.63) is 53.6 Å². The first-order chi connectivity index (χ1) is 16.3. The van der Waals surface area contributed by atoms with Crippen molar-refractivity contribution in [2.75, 3.05) is 0 Å². The SMILES string of the molecule is Cc1ccccc1/C=C/[C@H]1[C@H](O[Si](C)(C)C(C)(C)C)CC(=O)[C@@H]1C/C=C/CCCC(=O)OC(C)C. The summed E-state index contributed by atoms with van der Waals surface area (Å²) in [6, 6.07) is 8.32. The van der Waals surface area contributed by atoms with E-state index in [2.05, 4.69) is 77.2 Å². The number of ether oxygens (including phenoxy) is 1. The Labute approximate surface area is 214 Å². The van der Waals surface area contributed by atoms with Crippen LogP contribution >= 0.6 is 0 Å². The molecular formula is C30H46O4Si. The normalized spacial score (nSPS) is 21.5. The maximum absolute atomic E-state index is 13.1. The van der Waals surface area contributed by atoms with Crippen LogP contribution in [0, 0.1) is 18.8 Å². The Kier molecular flexibility index (Phi) is 10.7. The van der Waals surface area contributed by atoms with Gasteiger partial charge in [-0.1, -0.05) is 69.3 Å². The zero-order valence-electron chi connectivity index (χ0n) is 23.1. The number of Topliss-reactive ketones (excluding diaryl/α,β-unsaturated/α-hetero) is 1. The molecule has 0 radical (unpaired) electrons. The number of ketones is 1. The number of allylic oxidation sites excluding steroid dienone is 2. The molecule has 0 spiro atoms. The van der Waals surface area contributed by atoms with Crippen LogP contribution in [0.4, 0.5) is 0 Å². The standard InChI is InChI=1S/C30H46O4Si/c1-22(2)33-29(32)18-12-10-9-11-17-25-26(20-19-24-16-14-13-15-23(24)3)28(21-27(25)31)34-35(7,8)30(4,5)6/h9,11,13-16,19-20,22,25-26,28H,10,12,17-18,21H2,1-8H3/b11-9+,20-19+/t25-,26-,28-/m1/s1. The van der Waals surface area contributed by atoms with Gasteiger partial charge in [0.05, 0.1) is 12.2 Å². The number of benzene rings is 1. The maximum atomic E-state index is 13.1. The molecule has 0 amide bonds. The molecule has 1 aromatic carbocycles. The molecule has 0 bridgehead atoms. The van der Waals surface area contributed by atoms with Crippen LogP contribution in [-0.4, -0.2) is 32.3 Å². The third kappa shape index (κ3) is 8.87. The van der Waals surface area contributed by atoms with Crippen LogP contribution < -0.4 is 0 Å². The van der Waals surface area contributed by atoms with Gasteiger partial charge in [-0.25, -0.2) is 0 Å². The summed E-state index contributed by atoms with van der Waals surface area (Å²) in [5, 5.41) is 0.0923. The fourth-order valence-electron chi connectivity index (χ4n) is 4.22. The highest BCUT2D eigenvalue weighted by Crippen LogP contribution is 2.43. The van der Waals surface area contributed by atoms with E-state index in [-0.39, 0.29) is 35.1 Å². The Morgan fingerprint density at radius 1 is 1.17 bits per heavy atom. The van der Waals surface area contributed by atoms with Crippen LogP contribution in [0.25, 0.3) is 6.08 Å². The predicted octanol–water partition coefficient (Wildman–Crippen LogP) is 7.67. The van der Waals surface area contributed by atoms with Crippen LogP contribution in [0.1, 0.15) is 77.8 Å². The third-order valence-corrected chi connectivity index (χ3v) is 11.8. The molecule has 5 heteroatoms. The van der Waals surface area contributed by atoms with Gasteiger partial charge in [0, 0.05) is 24.7 Å². The molecule has 1 aliphatic carbocycles. The lowest BCUT2D eigenvalue weighted by molar-refractivity contribution is -0.147. The van der Waals surface area contributed by atoms with Crippen LogP contribution in [-0.2, 0) is 18.8 Å². The van der Waals surface area contributed by atoms with Gasteiger partial charge in [-0.2, -0.15) is 0 Å². The second kappa shape index (κ2) is 12.8. The first-order valence-electron chi connectivity index (χ1n) is 13.1. The van der Waals surface area contributed by atoms with E-state index in [9.17, 15) is 9.59 Å². The number of esters is 1. The molecule has 0 heterocycles. The average molecular weight is 499 g/mol. The molecule has 1 aliphatic rings. The van der Waals surface area contributed by atoms with Crippen LogP contribution in [0.2, 0.25) is 18.1 Å². The van der Waals surface area contributed by atoms with E-state index >= 15 is 0 Å². The van der Waals surface area contributed by atoms with E-state index in [1.165, 1.54) is 11.1 Å². The highest BCUT2D eigenvalue weighted by Gasteiger charge is 2.46. The van der Waals surface area contributed by atoms with Crippen LogP contribution in [0.5, 0.6) is 0 Å². The predicted molar refractivity (Wildman–Crippen MR) is 148 cm³/mol. The van der Waals surface area contributed by atoms with Crippen molar-refractivity contribution >= 4 is 26.1 Å². The van der Waals surface area contributed by atoms with Gasteiger partial charge in [0.25, 0.3) is 0 Å². The lowest BCUT2D eigenvalue weighted by Crippen LogP contribution is -2.45. The summed E-state index contributed by atoms with van der Waals surface area (Å²) in [6.07, 6.45) is 11.6. The summed E-state index contributed by atoms with van der Waals surface area (Å²) in [5.74, 6) is 0.124. The molecule has 2 rings (SSSR count). The number of unbranched alkanes of at least 4 members (excludes halogenated alkanes) is 1. The fraction of sp³-hybridized carbons (Fsp3) is 0.600. The minimum absolute atomic E-state index is 0.0573. The fourth-order valence-corrected chi connectivity index (χ4v) is 5.57. The molecule has 35 heavy (non-hydrogen) atoms. The van der Waals surface area contributed by atoms with Crippen molar-refractivity contribution in [3.8, 4) is 0 Å². The summed E-state index contributed by atoms with van der Waals surface area (Å²) >= 11 is 0. The van der Waals surface area contributed by atoms with Crippen molar-refractivity contribution in [1.82, 2.24) is 0 Å². The van der Waals surface area contributed by atoms with Crippen molar-refractivity contribution < 1.29 is 18.8 Å². The molecule has 0 unspecified atom stereocenters. The second-order valence-electron chi connectivity index (χ2n) is 11.6. The van der Waals surface area contributed by atoms with Crippen LogP contribution in [0.3, 0.4) is 0 Å². The van der Waals surface area contributed by atoms with Gasteiger partial charge in [-0.15, -0.1) is 0 Å². The molecule has 0 saturated heterocycles. The lowest BCUT2D eigenvalue weighted by atomic mass is 9.90. The summed E-state index contributed by atoms with van der Waals surface area (Å²) in [7, 11) is -2.01. The summed E-state index contributed by atoms with van der Waals surface area (Å²) in [6.45, 7) is 17.1. The summed E-state index contributed by atoms with van der Waals surface area (Å²) in [4.78, 5) is 24.8. The van der Waals surface area contributed by atoms with Crippen molar-refractivity contribution in [1.29, 1.82) is 0 Å². The minimum atomic E-state index is -2.01. The number of hydrogen-bond acceptors (Lipinski definition) is 4. The van der Waals surface area contributed by atoms with Crippen molar-refractivity contribution in [2.45, 2.75) is 104 Å². The topological polar surface area (TPSA) is 52.6 Å². The van der Waals surface area contributed by atoms with Gasteiger partial charge in [0.15, 0.2) is 8.32 Å². The van der Waals surface area contributed by atoms with E-state index < -0.39 is 8.32 Å². The Morgan fingerprint density at radius 2 is 1.86 bits per heavy atom. The smallest absolute Gasteiger partial charge is 0.306 e. The Bertz CT molecular complexity index is 907. The number of hydrogen-bond donors (Lipinski definition) is 0. The highest BCUT2D eigenvalue weighted by molar-refractivity contribution is 6.74. The van der Waals surface area contributed by atoms with Crippen molar-refractivity contribution in [3.63, 3.8) is 0 Å². The number of aryl methyl sites for hydroxylation is 1. The molecule has 0 aliphatic heterocycles. The summed E-state index contributed by atoms with van der Waals surface area (Å²) in [5.41, 5.74) is 2.41. The Hall–Kier alpha value is -1.98. The molecule has 1 saturated carbocycles. The molecule has 3 atom stereocenters. The first-order valence-corrected chi connectivity index (χ1v) is 16.0. The summed E-state index contributed by atoms with van der Waals surface area (Å²) < 4.78 is 12.0. The number of carbonyl (C=O) groups excluding carboxylic acids is 2. The molecule has 1 fully saturated rings. The monoisotopic (exact) mass is 498 g/mol. The zero-order chi connectivity index (χ0) is 26.2. The van der Waals surface area contributed by atoms with E-state index in [4.69, 9.17) is 9.16 Å². The largest absolute Gasteiger partial charge is 0.463 e. The number of rotatable bonds is 11. The van der Waals surface area contributed by atoms with Gasteiger partial charge in [-0.05, 0) is 69.3 Å². The zero-order valence-corrected chi connectivity index (χ0v) is 24.1. The second-order valence-corrected chi connectivity index (χ2v) is 16.4. The molecule has 0 N–H and O–H groups in total. The van der Waals surface area contributed by atoms with E-state index in [1.54, 1.807) is 0 Å². The molecule has 1 aromatic rings. The van der Waals surface area contributed by atoms with Crippen molar-refractivity contribution in [2.24, 2.45) is 11.8 Å². The Balaban J connectivity index is 2.11. The van der Waals surface area contributed by atoms with E-state index in [0.29, 0.717) is 25.0 Å². The van der Waals surface area contributed by atoms with Gasteiger partial charge in [0.1, 0.15) is 5.78 Å². The Morgan fingerprint density at radius 3 is 2.49 bits per heavy atom. The average Bonchev–Trinajstić information content (AvgIpc) is 3.02.